The molecule has 3 amide bonds. The number of carbonyl (C=O) groups excluding carboxylic acids is 3. The van der Waals surface area contributed by atoms with E-state index in [9.17, 15) is 14.4 Å². The van der Waals surface area contributed by atoms with E-state index in [0.29, 0.717) is 29.2 Å². The van der Waals surface area contributed by atoms with E-state index < -0.39 is 6.04 Å². The summed E-state index contributed by atoms with van der Waals surface area (Å²) in [6.07, 6.45) is 6.80. The van der Waals surface area contributed by atoms with Crippen LogP contribution in [0.15, 0.2) is 24.3 Å². The minimum Gasteiger partial charge on any atom is -0.351 e. The molecule has 3 rings (SSSR count). The molecule has 2 aliphatic rings. The number of nitrogens with zero attached hydrogens (tertiary/aromatic N) is 1. The zero-order valence-corrected chi connectivity index (χ0v) is 16.2. The molecular weight excluding hydrogens is 348 g/mol. The maximum atomic E-state index is 13.0. The van der Waals surface area contributed by atoms with Crippen molar-refractivity contribution >= 4 is 29.5 Å². The van der Waals surface area contributed by atoms with Gasteiger partial charge in [0.05, 0.1) is 11.1 Å². The molecule has 0 aromatic heterocycles. The Morgan fingerprint density at radius 3 is 2.38 bits per heavy atom. The van der Waals surface area contributed by atoms with Crippen LogP contribution in [0, 0.1) is 5.92 Å². The van der Waals surface area contributed by atoms with E-state index in [4.69, 9.17) is 0 Å². The van der Waals surface area contributed by atoms with Gasteiger partial charge in [-0.2, -0.15) is 11.8 Å². The molecule has 1 N–H and O–H groups in total. The topological polar surface area (TPSA) is 66.5 Å². The van der Waals surface area contributed by atoms with Gasteiger partial charge < -0.3 is 5.32 Å². The van der Waals surface area contributed by atoms with Crippen LogP contribution in [0.5, 0.6) is 0 Å². The number of fused-ring (bicyclic) bond motifs is 1. The lowest BCUT2D eigenvalue weighted by atomic mass is 9.86. The van der Waals surface area contributed by atoms with Crippen LogP contribution in [0.1, 0.15) is 59.7 Å². The number of carbonyl (C=O) groups is 3. The smallest absolute Gasteiger partial charge is 0.262 e. The number of rotatable bonds is 6. The van der Waals surface area contributed by atoms with Crippen LogP contribution in [0.25, 0.3) is 0 Å². The number of amides is 3. The van der Waals surface area contributed by atoms with Crippen molar-refractivity contribution in [3.05, 3.63) is 35.4 Å². The molecule has 1 saturated carbocycles. The molecule has 3 atom stereocenters. The SMILES string of the molecule is CSCCC(C(=O)NC1CCCCC1C)N1C(=O)c2ccccc2C1=O. The van der Waals surface area contributed by atoms with Crippen LogP contribution < -0.4 is 5.32 Å². The first-order valence-electron chi connectivity index (χ1n) is 9.30. The highest BCUT2D eigenvalue weighted by molar-refractivity contribution is 7.98. The molecule has 140 valence electrons. The Hall–Kier alpha value is -1.82. The predicted octanol–water partition coefficient (Wildman–Crippen LogP) is 3.10. The molecule has 1 aromatic carbocycles. The average Bonchev–Trinajstić information content (AvgIpc) is 2.89. The minimum absolute atomic E-state index is 0.128. The first kappa shape index (κ1) is 19.0. The van der Waals surface area contributed by atoms with E-state index >= 15 is 0 Å². The van der Waals surface area contributed by atoms with Crippen molar-refractivity contribution in [3.8, 4) is 0 Å². The number of nitrogens with one attached hydrogen (secondary N) is 1. The fourth-order valence-electron chi connectivity index (χ4n) is 3.91. The van der Waals surface area contributed by atoms with Crippen molar-refractivity contribution in [1.82, 2.24) is 10.2 Å². The molecule has 1 aliphatic carbocycles. The second-order valence-electron chi connectivity index (χ2n) is 7.20. The number of benzene rings is 1. The Morgan fingerprint density at radius 1 is 1.19 bits per heavy atom. The first-order chi connectivity index (χ1) is 12.5. The van der Waals surface area contributed by atoms with E-state index in [1.807, 2.05) is 6.26 Å². The number of thioether (sulfide) groups is 1. The van der Waals surface area contributed by atoms with Crippen molar-refractivity contribution in [2.45, 2.75) is 51.1 Å². The summed E-state index contributed by atoms with van der Waals surface area (Å²) in [5, 5.41) is 3.13. The second-order valence-corrected chi connectivity index (χ2v) is 8.19. The van der Waals surface area contributed by atoms with Crippen molar-refractivity contribution in [2.24, 2.45) is 5.92 Å². The van der Waals surface area contributed by atoms with Crippen LogP contribution in [0.2, 0.25) is 0 Å². The summed E-state index contributed by atoms with van der Waals surface area (Å²) in [7, 11) is 0. The van der Waals surface area contributed by atoms with E-state index in [0.717, 1.165) is 19.3 Å². The summed E-state index contributed by atoms with van der Waals surface area (Å²) >= 11 is 1.61. The molecule has 0 radical (unpaired) electrons. The fraction of sp³-hybridized carbons (Fsp3) is 0.550. The Labute approximate surface area is 158 Å². The van der Waals surface area contributed by atoms with Gasteiger partial charge in [-0.15, -0.1) is 0 Å². The fourth-order valence-corrected chi connectivity index (χ4v) is 4.37. The summed E-state index contributed by atoms with van der Waals surface area (Å²) in [4.78, 5) is 39.8. The third-order valence-electron chi connectivity index (χ3n) is 5.47. The number of imide groups is 1. The third-order valence-corrected chi connectivity index (χ3v) is 6.12. The molecule has 1 aliphatic heterocycles. The molecule has 5 nitrogen and oxygen atoms in total. The van der Waals surface area contributed by atoms with E-state index in [2.05, 4.69) is 12.2 Å². The van der Waals surface area contributed by atoms with Crippen molar-refractivity contribution in [1.29, 1.82) is 0 Å². The van der Waals surface area contributed by atoms with Crippen LogP contribution in [-0.4, -0.2) is 46.7 Å². The molecular formula is C20H26N2O3S. The van der Waals surface area contributed by atoms with E-state index in [1.54, 1.807) is 36.0 Å². The molecule has 3 unspecified atom stereocenters. The first-order valence-corrected chi connectivity index (χ1v) is 10.7. The summed E-state index contributed by atoms with van der Waals surface area (Å²) in [5.41, 5.74) is 0.788. The van der Waals surface area contributed by atoms with E-state index in [1.165, 1.54) is 11.3 Å². The Kier molecular flexibility index (Phi) is 6.01. The van der Waals surface area contributed by atoms with Crippen molar-refractivity contribution in [3.63, 3.8) is 0 Å². The van der Waals surface area contributed by atoms with Gasteiger partial charge in [-0.25, -0.2) is 0 Å². The van der Waals surface area contributed by atoms with Gasteiger partial charge in [-0.1, -0.05) is 31.9 Å². The quantitative estimate of drug-likeness (QED) is 0.777. The molecule has 0 spiro atoms. The van der Waals surface area contributed by atoms with Crippen LogP contribution in [0.4, 0.5) is 0 Å². The Balaban J connectivity index is 1.81. The van der Waals surface area contributed by atoms with Crippen LogP contribution in [-0.2, 0) is 4.79 Å². The normalized spacial score (nSPS) is 23.7. The monoisotopic (exact) mass is 374 g/mol. The zero-order valence-electron chi connectivity index (χ0n) is 15.4. The maximum Gasteiger partial charge on any atom is 0.262 e. The Bertz CT molecular complexity index is 671. The highest BCUT2D eigenvalue weighted by Gasteiger charge is 2.42. The third kappa shape index (κ3) is 3.65. The van der Waals surface area contributed by atoms with Crippen molar-refractivity contribution < 1.29 is 14.4 Å². The average molecular weight is 375 g/mol. The second kappa shape index (κ2) is 8.25. The van der Waals surface area contributed by atoms with Crippen molar-refractivity contribution in [2.75, 3.05) is 12.0 Å². The summed E-state index contributed by atoms with van der Waals surface area (Å²) in [6, 6.07) is 6.18. The lowest BCUT2D eigenvalue weighted by Crippen LogP contribution is -2.53. The molecule has 0 saturated heterocycles. The van der Waals surface area contributed by atoms with Gasteiger partial charge in [0.2, 0.25) is 5.91 Å². The minimum atomic E-state index is -0.746. The van der Waals surface area contributed by atoms with Gasteiger partial charge in [0, 0.05) is 6.04 Å². The number of hydrogen-bond acceptors (Lipinski definition) is 4. The predicted molar refractivity (Wildman–Crippen MR) is 103 cm³/mol. The van der Waals surface area contributed by atoms with Gasteiger partial charge >= 0.3 is 0 Å². The molecule has 1 heterocycles. The number of hydrogen-bond donors (Lipinski definition) is 1. The van der Waals surface area contributed by atoms with Gasteiger partial charge in [-0.3, -0.25) is 19.3 Å². The molecule has 0 bridgehead atoms. The van der Waals surface area contributed by atoms with Gasteiger partial charge in [0.25, 0.3) is 11.8 Å². The molecule has 1 aromatic rings. The highest BCUT2D eigenvalue weighted by Crippen LogP contribution is 2.28. The highest BCUT2D eigenvalue weighted by atomic mass is 32.2. The Morgan fingerprint density at radius 2 is 1.81 bits per heavy atom. The lowest BCUT2D eigenvalue weighted by Gasteiger charge is -2.32. The molecule has 6 heteroatoms. The summed E-state index contributed by atoms with van der Waals surface area (Å²) in [6.45, 7) is 2.16. The van der Waals surface area contributed by atoms with Crippen LogP contribution >= 0.6 is 11.8 Å². The lowest BCUT2D eigenvalue weighted by molar-refractivity contribution is -0.126. The summed E-state index contributed by atoms with van der Waals surface area (Å²) in [5.74, 6) is 0.224. The van der Waals surface area contributed by atoms with Crippen LogP contribution in [0.3, 0.4) is 0 Å². The zero-order chi connectivity index (χ0) is 18.7. The summed E-state index contributed by atoms with van der Waals surface area (Å²) < 4.78 is 0. The molecule has 1 fully saturated rings. The van der Waals surface area contributed by atoms with E-state index in [-0.39, 0.29) is 23.8 Å². The van der Waals surface area contributed by atoms with Gasteiger partial charge in [-0.05, 0) is 49.3 Å². The maximum absolute atomic E-state index is 13.0. The molecule has 26 heavy (non-hydrogen) atoms. The van der Waals surface area contributed by atoms with Gasteiger partial charge in [0.1, 0.15) is 6.04 Å². The van der Waals surface area contributed by atoms with Gasteiger partial charge in [0.15, 0.2) is 0 Å². The standard InChI is InChI=1S/C20H26N2O3S/c1-13-7-3-6-10-16(13)21-18(23)17(11-12-26-2)22-19(24)14-8-4-5-9-15(14)20(22)25/h4-5,8-9,13,16-17H,3,6-7,10-12H2,1-2H3,(H,21,23). The largest absolute Gasteiger partial charge is 0.351 e.